The highest BCUT2D eigenvalue weighted by Crippen LogP contribution is 2.19. The maximum atomic E-state index is 11.8. The second-order valence-corrected chi connectivity index (χ2v) is 4.23. The van der Waals surface area contributed by atoms with Gasteiger partial charge in [-0.1, -0.05) is 13.8 Å². The lowest BCUT2D eigenvalue weighted by molar-refractivity contribution is -0.139. The average Bonchev–Trinajstić information content (AvgIpc) is 2.35. The van der Waals surface area contributed by atoms with Crippen LogP contribution in [0, 0.1) is 5.92 Å². The van der Waals surface area contributed by atoms with Crippen LogP contribution >= 0.6 is 0 Å². The molecule has 0 atom stereocenters. The molecule has 0 bridgehead atoms. The van der Waals surface area contributed by atoms with Crippen molar-refractivity contribution in [2.45, 2.75) is 13.8 Å². The Bertz CT molecular complexity index is 425. The Morgan fingerprint density at radius 1 is 1.28 bits per heavy atom. The van der Waals surface area contributed by atoms with Gasteiger partial charge in [0.05, 0.1) is 0 Å². The van der Waals surface area contributed by atoms with Gasteiger partial charge in [0.15, 0.2) is 6.61 Å². The summed E-state index contributed by atoms with van der Waals surface area (Å²) in [5.74, 6) is -0.607. The molecule has 1 amide bonds. The molecule has 0 heterocycles. The first-order valence-corrected chi connectivity index (χ1v) is 5.64. The van der Waals surface area contributed by atoms with Gasteiger partial charge in [-0.25, -0.2) is 4.79 Å². The van der Waals surface area contributed by atoms with Crippen molar-refractivity contribution < 1.29 is 19.4 Å². The van der Waals surface area contributed by atoms with Gasteiger partial charge in [-0.15, -0.1) is 0 Å². The molecule has 18 heavy (non-hydrogen) atoms. The molecule has 0 saturated heterocycles. The molecular weight excluding hydrogens is 234 g/mol. The van der Waals surface area contributed by atoms with Crippen LogP contribution in [0.15, 0.2) is 24.3 Å². The summed E-state index contributed by atoms with van der Waals surface area (Å²) in [6.45, 7) is 3.30. The maximum absolute atomic E-state index is 11.8. The third-order valence-corrected chi connectivity index (χ3v) is 2.41. The Morgan fingerprint density at radius 2 is 1.83 bits per heavy atom. The molecule has 0 aliphatic heterocycles. The largest absolute Gasteiger partial charge is 0.482 e. The molecule has 98 valence electrons. The topological polar surface area (TPSA) is 66.8 Å². The van der Waals surface area contributed by atoms with Crippen molar-refractivity contribution in [2.24, 2.45) is 5.92 Å². The first-order chi connectivity index (χ1) is 8.41. The molecule has 0 saturated carbocycles. The summed E-state index contributed by atoms with van der Waals surface area (Å²) in [5.41, 5.74) is 0.747. The Hall–Kier alpha value is -2.04. The van der Waals surface area contributed by atoms with E-state index in [1.54, 1.807) is 36.2 Å². The summed E-state index contributed by atoms with van der Waals surface area (Å²) in [7, 11) is 1.70. The summed E-state index contributed by atoms with van der Waals surface area (Å²) in [6.07, 6.45) is 0. The number of aliphatic carboxylic acids is 1. The zero-order valence-electron chi connectivity index (χ0n) is 10.7. The van der Waals surface area contributed by atoms with E-state index in [1.807, 2.05) is 13.8 Å². The van der Waals surface area contributed by atoms with E-state index in [-0.39, 0.29) is 18.4 Å². The number of benzene rings is 1. The van der Waals surface area contributed by atoms with Crippen LogP contribution in [-0.2, 0) is 9.59 Å². The molecule has 0 aliphatic rings. The van der Waals surface area contributed by atoms with E-state index in [4.69, 9.17) is 9.84 Å². The lowest BCUT2D eigenvalue weighted by atomic mass is 10.2. The molecular formula is C13H17NO4. The van der Waals surface area contributed by atoms with Crippen molar-refractivity contribution in [3.63, 3.8) is 0 Å². The van der Waals surface area contributed by atoms with E-state index < -0.39 is 5.97 Å². The highest BCUT2D eigenvalue weighted by molar-refractivity contribution is 5.94. The molecule has 1 N–H and O–H groups in total. The smallest absolute Gasteiger partial charge is 0.341 e. The van der Waals surface area contributed by atoms with E-state index in [0.29, 0.717) is 5.75 Å². The highest BCUT2D eigenvalue weighted by Gasteiger charge is 2.14. The first kappa shape index (κ1) is 14.0. The highest BCUT2D eigenvalue weighted by atomic mass is 16.5. The zero-order valence-corrected chi connectivity index (χ0v) is 10.7. The standard InChI is InChI=1S/C13H17NO4/c1-9(2)13(17)14(3)10-4-6-11(7-5-10)18-8-12(15)16/h4-7,9H,8H2,1-3H3,(H,15,16). The lowest BCUT2D eigenvalue weighted by Gasteiger charge is -2.19. The fourth-order valence-electron chi connectivity index (χ4n) is 1.43. The van der Waals surface area contributed by atoms with Gasteiger partial charge >= 0.3 is 5.97 Å². The predicted molar refractivity (Wildman–Crippen MR) is 67.8 cm³/mol. The van der Waals surface area contributed by atoms with E-state index in [9.17, 15) is 9.59 Å². The van der Waals surface area contributed by atoms with Gasteiger partial charge in [0.2, 0.25) is 5.91 Å². The van der Waals surface area contributed by atoms with E-state index in [2.05, 4.69) is 0 Å². The number of carbonyl (C=O) groups excluding carboxylic acids is 1. The normalized spacial score (nSPS) is 10.2. The zero-order chi connectivity index (χ0) is 13.7. The fourth-order valence-corrected chi connectivity index (χ4v) is 1.43. The number of nitrogens with zero attached hydrogens (tertiary/aromatic N) is 1. The average molecular weight is 251 g/mol. The summed E-state index contributed by atoms with van der Waals surface area (Å²) in [4.78, 5) is 23.7. The summed E-state index contributed by atoms with van der Waals surface area (Å²) < 4.78 is 5.01. The first-order valence-electron chi connectivity index (χ1n) is 5.64. The number of amides is 1. The molecule has 1 aromatic carbocycles. The number of ether oxygens (including phenoxy) is 1. The fraction of sp³-hybridized carbons (Fsp3) is 0.385. The molecule has 0 radical (unpaired) electrons. The van der Waals surface area contributed by atoms with E-state index >= 15 is 0 Å². The van der Waals surface area contributed by atoms with Gasteiger partial charge in [-0.3, -0.25) is 4.79 Å². The minimum Gasteiger partial charge on any atom is -0.482 e. The quantitative estimate of drug-likeness (QED) is 0.866. The molecule has 0 aromatic heterocycles. The Morgan fingerprint density at radius 3 is 2.28 bits per heavy atom. The molecule has 1 rings (SSSR count). The van der Waals surface area contributed by atoms with Crippen molar-refractivity contribution >= 4 is 17.6 Å². The number of hydrogen-bond donors (Lipinski definition) is 1. The summed E-state index contributed by atoms with van der Waals surface area (Å²) >= 11 is 0. The molecule has 5 heteroatoms. The second-order valence-electron chi connectivity index (χ2n) is 4.23. The Balaban J connectivity index is 2.70. The van der Waals surface area contributed by atoms with E-state index in [0.717, 1.165) is 5.69 Å². The van der Waals surface area contributed by atoms with Crippen molar-refractivity contribution in [3.05, 3.63) is 24.3 Å². The second kappa shape index (κ2) is 6.05. The SMILES string of the molecule is CC(C)C(=O)N(C)c1ccc(OCC(=O)O)cc1. The van der Waals surface area contributed by atoms with Crippen molar-refractivity contribution in [1.82, 2.24) is 0 Å². The predicted octanol–water partition coefficient (Wildman–Crippen LogP) is 1.77. The number of hydrogen-bond acceptors (Lipinski definition) is 3. The minimum atomic E-state index is -1.02. The van der Waals surface area contributed by atoms with Gasteiger partial charge < -0.3 is 14.7 Å². The Labute approximate surface area is 106 Å². The molecule has 0 aliphatic carbocycles. The van der Waals surface area contributed by atoms with Crippen LogP contribution in [0.4, 0.5) is 5.69 Å². The number of carboxylic acid groups (broad SMARTS) is 1. The maximum Gasteiger partial charge on any atom is 0.341 e. The molecule has 1 aromatic rings. The van der Waals surface area contributed by atoms with Gasteiger partial charge in [0.1, 0.15) is 5.75 Å². The van der Waals surface area contributed by atoms with Gasteiger partial charge in [0.25, 0.3) is 0 Å². The van der Waals surface area contributed by atoms with Crippen LogP contribution in [-0.4, -0.2) is 30.6 Å². The summed E-state index contributed by atoms with van der Waals surface area (Å²) in [6, 6.07) is 6.72. The number of rotatable bonds is 5. The number of carbonyl (C=O) groups is 2. The van der Waals surface area contributed by atoms with Crippen LogP contribution in [0.2, 0.25) is 0 Å². The summed E-state index contributed by atoms with van der Waals surface area (Å²) in [5, 5.41) is 8.47. The third kappa shape index (κ3) is 3.76. The van der Waals surface area contributed by atoms with Crippen LogP contribution in [0.1, 0.15) is 13.8 Å². The monoisotopic (exact) mass is 251 g/mol. The van der Waals surface area contributed by atoms with Crippen molar-refractivity contribution in [2.75, 3.05) is 18.6 Å². The van der Waals surface area contributed by atoms with Crippen LogP contribution in [0.25, 0.3) is 0 Å². The van der Waals surface area contributed by atoms with Crippen LogP contribution in [0.5, 0.6) is 5.75 Å². The van der Waals surface area contributed by atoms with Gasteiger partial charge in [-0.2, -0.15) is 0 Å². The van der Waals surface area contributed by atoms with Crippen LogP contribution < -0.4 is 9.64 Å². The number of anilines is 1. The van der Waals surface area contributed by atoms with E-state index in [1.165, 1.54) is 0 Å². The van der Waals surface area contributed by atoms with Gasteiger partial charge in [0, 0.05) is 18.7 Å². The molecule has 5 nitrogen and oxygen atoms in total. The Kier molecular flexibility index (Phi) is 4.71. The molecule has 0 unspecified atom stereocenters. The molecule has 0 spiro atoms. The number of carboxylic acids is 1. The van der Waals surface area contributed by atoms with Gasteiger partial charge in [-0.05, 0) is 24.3 Å². The third-order valence-electron chi connectivity index (χ3n) is 2.41. The molecule has 0 fully saturated rings. The lowest BCUT2D eigenvalue weighted by Crippen LogP contribution is -2.30. The minimum absolute atomic E-state index is 0.0224. The van der Waals surface area contributed by atoms with Crippen molar-refractivity contribution in [1.29, 1.82) is 0 Å². The van der Waals surface area contributed by atoms with Crippen LogP contribution in [0.3, 0.4) is 0 Å². The van der Waals surface area contributed by atoms with Crippen molar-refractivity contribution in [3.8, 4) is 5.75 Å².